The van der Waals surface area contributed by atoms with Crippen LogP contribution >= 0.6 is 0 Å². The highest BCUT2D eigenvalue weighted by molar-refractivity contribution is 5.86. The van der Waals surface area contributed by atoms with E-state index in [-0.39, 0.29) is 18.6 Å². The van der Waals surface area contributed by atoms with Crippen LogP contribution < -0.4 is 14.8 Å². The Balaban J connectivity index is 1.66. The van der Waals surface area contributed by atoms with Gasteiger partial charge in [0.1, 0.15) is 17.3 Å². The third kappa shape index (κ3) is 3.48. The molecule has 0 saturated carbocycles. The Morgan fingerprint density at radius 1 is 1.33 bits per heavy atom. The number of nitrogens with zero attached hydrogens (tertiary/aromatic N) is 1. The van der Waals surface area contributed by atoms with E-state index in [0.717, 1.165) is 16.7 Å². The molecule has 3 rings (SSSR count). The fraction of sp³-hybridized carbons (Fsp3) is 0.222. The summed E-state index contributed by atoms with van der Waals surface area (Å²) in [6.07, 6.45) is 3.21. The summed E-state index contributed by atoms with van der Waals surface area (Å²) >= 11 is 0. The lowest BCUT2D eigenvalue weighted by atomic mass is 10.2. The van der Waals surface area contributed by atoms with Gasteiger partial charge in [0.05, 0.1) is 24.9 Å². The maximum Gasteiger partial charge on any atom is 0.258 e. The Morgan fingerprint density at radius 3 is 2.96 bits per heavy atom. The zero-order chi connectivity index (χ0) is 16.9. The zero-order valence-electron chi connectivity index (χ0n) is 13.5. The number of hydrogen-bond donors (Lipinski definition) is 1. The van der Waals surface area contributed by atoms with E-state index in [9.17, 15) is 4.79 Å². The summed E-state index contributed by atoms with van der Waals surface area (Å²) in [5.41, 5.74) is 0.746. The van der Waals surface area contributed by atoms with Crippen molar-refractivity contribution >= 4 is 16.8 Å². The number of pyridine rings is 1. The maximum absolute atomic E-state index is 12.0. The van der Waals surface area contributed by atoms with Gasteiger partial charge in [-0.3, -0.25) is 9.78 Å². The zero-order valence-corrected chi connectivity index (χ0v) is 13.5. The molecule has 0 bridgehead atoms. The fourth-order valence-corrected chi connectivity index (χ4v) is 2.39. The number of fused-ring (bicyclic) bond motifs is 1. The number of benzene rings is 1. The predicted octanol–water partition coefficient (Wildman–Crippen LogP) is 3.09. The quantitative estimate of drug-likeness (QED) is 0.753. The minimum Gasteiger partial charge on any atom is -0.497 e. The monoisotopic (exact) mass is 326 g/mol. The van der Waals surface area contributed by atoms with E-state index in [1.54, 1.807) is 31.7 Å². The molecule has 0 fully saturated rings. The van der Waals surface area contributed by atoms with Gasteiger partial charge in [-0.05, 0) is 37.3 Å². The highest BCUT2D eigenvalue weighted by atomic mass is 16.5. The summed E-state index contributed by atoms with van der Waals surface area (Å²) in [5, 5.41) is 3.65. The first kappa shape index (κ1) is 15.9. The molecule has 6 heteroatoms. The molecule has 1 aromatic carbocycles. The van der Waals surface area contributed by atoms with E-state index in [0.29, 0.717) is 11.5 Å². The number of rotatable bonds is 6. The van der Waals surface area contributed by atoms with Crippen LogP contribution in [-0.4, -0.2) is 24.6 Å². The second-order valence-electron chi connectivity index (χ2n) is 5.29. The van der Waals surface area contributed by atoms with Crippen LogP contribution in [0.4, 0.5) is 0 Å². The lowest BCUT2D eigenvalue weighted by Gasteiger charge is -2.13. The van der Waals surface area contributed by atoms with E-state index < -0.39 is 0 Å². The Bertz CT molecular complexity index is 830. The van der Waals surface area contributed by atoms with Gasteiger partial charge in [-0.25, -0.2) is 0 Å². The molecule has 1 atom stereocenters. The first-order valence-electron chi connectivity index (χ1n) is 7.55. The van der Waals surface area contributed by atoms with Gasteiger partial charge in [-0.15, -0.1) is 0 Å². The van der Waals surface area contributed by atoms with Crippen LogP contribution in [0.5, 0.6) is 11.5 Å². The lowest BCUT2D eigenvalue weighted by Crippen LogP contribution is -2.31. The van der Waals surface area contributed by atoms with Crippen molar-refractivity contribution in [3.63, 3.8) is 0 Å². The molecule has 124 valence electrons. The van der Waals surface area contributed by atoms with E-state index in [1.165, 1.54) is 0 Å². The van der Waals surface area contributed by atoms with Crippen molar-refractivity contribution < 1.29 is 18.7 Å². The number of carbonyl (C=O) groups is 1. The van der Waals surface area contributed by atoms with Crippen LogP contribution in [0.25, 0.3) is 10.9 Å². The molecule has 0 aliphatic rings. The number of nitrogens with one attached hydrogen (secondary N) is 1. The molecule has 2 aromatic heterocycles. The van der Waals surface area contributed by atoms with Gasteiger partial charge in [0.15, 0.2) is 6.61 Å². The standard InChI is InChI=1S/C18H18N2O4/c1-12(16-4-3-9-23-16)20-18(21)11-24-17-7-8-19-15-10-13(22-2)5-6-14(15)17/h3-10,12H,11H2,1-2H3,(H,20,21). The number of hydrogen-bond acceptors (Lipinski definition) is 5. The molecule has 0 spiro atoms. The molecule has 3 aromatic rings. The normalized spacial score (nSPS) is 11.9. The van der Waals surface area contributed by atoms with E-state index in [2.05, 4.69) is 10.3 Å². The molecule has 0 saturated heterocycles. The van der Waals surface area contributed by atoms with Crippen molar-refractivity contribution in [1.29, 1.82) is 0 Å². The summed E-state index contributed by atoms with van der Waals surface area (Å²) in [4.78, 5) is 16.3. The number of carbonyl (C=O) groups excluding carboxylic acids is 1. The van der Waals surface area contributed by atoms with Crippen LogP contribution in [0.2, 0.25) is 0 Å². The largest absolute Gasteiger partial charge is 0.497 e. The lowest BCUT2D eigenvalue weighted by molar-refractivity contribution is -0.123. The molecular weight excluding hydrogens is 308 g/mol. The summed E-state index contributed by atoms with van der Waals surface area (Å²) in [6, 6.07) is 10.6. The minimum atomic E-state index is -0.225. The van der Waals surface area contributed by atoms with Gasteiger partial charge in [-0.2, -0.15) is 0 Å². The number of furan rings is 1. The third-order valence-electron chi connectivity index (χ3n) is 3.62. The molecule has 24 heavy (non-hydrogen) atoms. The Labute approximate surface area is 139 Å². The SMILES string of the molecule is COc1ccc2c(OCC(=O)NC(C)c3ccco3)ccnc2c1. The topological polar surface area (TPSA) is 73.6 Å². The van der Waals surface area contributed by atoms with Gasteiger partial charge >= 0.3 is 0 Å². The number of methoxy groups -OCH3 is 1. The second kappa shape index (κ2) is 7.04. The summed E-state index contributed by atoms with van der Waals surface area (Å²) < 4.78 is 16.1. The Kier molecular flexibility index (Phi) is 4.65. The van der Waals surface area contributed by atoms with Crippen LogP contribution in [0.1, 0.15) is 18.7 Å². The summed E-state index contributed by atoms with van der Waals surface area (Å²) in [7, 11) is 1.60. The Morgan fingerprint density at radius 2 is 2.21 bits per heavy atom. The van der Waals surface area contributed by atoms with Crippen LogP contribution in [0, 0.1) is 0 Å². The van der Waals surface area contributed by atoms with Gasteiger partial charge in [-0.1, -0.05) is 0 Å². The summed E-state index contributed by atoms with van der Waals surface area (Å²) in [5.74, 6) is 1.79. The van der Waals surface area contributed by atoms with Crippen molar-refractivity contribution in [3.05, 3.63) is 54.6 Å². The molecule has 0 aliphatic carbocycles. The average molecular weight is 326 g/mol. The third-order valence-corrected chi connectivity index (χ3v) is 3.62. The highest BCUT2D eigenvalue weighted by Crippen LogP contribution is 2.27. The molecule has 0 radical (unpaired) electrons. The minimum absolute atomic E-state index is 0.0871. The smallest absolute Gasteiger partial charge is 0.258 e. The van der Waals surface area contributed by atoms with Gasteiger partial charge in [0.25, 0.3) is 5.91 Å². The number of amides is 1. The first-order valence-corrected chi connectivity index (χ1v) is 7.55. The van der Waals surface area contributed by atoms with Crippen LogP contribution in [-0.2, 0) is 4.79 Å². The predicted molar refractivity (Wildman–Crippen MR) is 89.1 cm³/mol. The van der Waals surface area contributed by atoms with Gasteiger partial charge < -0.3 is 19.2 Å². The molecule has 1 N–H and O–H groups in total. The maximum atomic E-state index is 12.0. The van der Waals surface area contributed by atoms with Crippen molar-refractivity contribution in [1.82, 2.24) is 10.3 Å². The van der Waals surface area contributed by atoms with Crippen molar-refractivity contribution in [2.75, 3.05) is 13.7 Å². The highest BCUT2D eigenvalue weighted by Gasteiger charge is 2.13. The van der Waals surface area contributed by atoms with Crippen molar-refractivity contribution in [2.45, 2.75) is 13.0 Å². The van der Waals surface area contributed by atoms with Gasteiger partial charge in [0.2, 0.25) is 0 Å². The molecule has 0 aliphatic heterocycles. The van der Waals surface area contributed by atoms with Crippen molar-refractivity contribution in [3.8, 4) is 11.5 Å². The average Bonchev–Trinajstić information content (AvgIpc) is 3.14. The number of aromatic nitrogens is 1. The summed E-state index contributed by atoms with van der Waals surface area (Å²) in [6.45, 7) is 1.76. The van der Waals surface area contributed by atoms with E-state index in [4.69, 9.17) is 13.9 Å². The molecule has 6 nitrogen and oxygen atoms in total. The fourth-order valence-electron chi connectivity index (χ4n) is 2.39. The Hall–Kier alpha value is -3.02. The van der Waals surface area contributed by atoms with E-state index in [1.807, 2.05) is 31.2 Å². The first-order chi connectivity index (χ1) is 11.7. The molecule has 1 unspecified atom stereocenters. The van der Waals surface area contributed by atoms with E-state index >= 15 is 0 Å². The van der Waals surface area contributed by atoms with Crippen molar-refractivity contribution in [2.24, 2.45) is 0 Å². The molecular formula is C18H18N2O4. The number of ether oxygens (including phenoxy) is 2. The molecule has 2 heterocycles. The van der Waals surface area contributed by atoms with Crippen LogP contribution in [0.15, 0.2) is 53.3 Å². The van der Waals surface area contributed by atoms with Gasteiger partial charge in [0, 0.05) is 17.6 Å². The van der Waals surface area contributed by atoms with Crippen LogP contribution in [0.3, 0.4) is 0 Å². The second-order valence-corrected chi connectivity index (χ2v) is 5.29. The molecule has 1 amide bonds.